The predicted molar refractivity (Wildman–Crippen MR) is 144 cm³/mol. The first-order valence-corrected chi connectivity index (χ1v) is 13.8. The lowest BCUT2D eigenvalue weighted by Crippen LogP contribution is -2.49. The van der Waals surface area contributed by atoms with E-state index < -0.39 is 17.6 Å². The third kappa shape index (κ3) is 7.42. The van der Waals surface area contributed by atoms with Crippen LogP contribution in [0.15, 0.2) is 18.2 Å². The Morgan fingerprint density at radius 3 is 2.46 bits per heavy atom. The SMILES string of the molecule is COCCCOc1cc(N(C2CC2)C2OC2[C@@H]2C[C@H](C(=O)OC)CN(C(=O)OC(C)(C)C)C2)ccc1C(C)=O. The van der Waals surface area contributed by atoms with Gasteiger partial charge in [0.05, 0.1) is 25.2 Å². The third-order valence-electron chi connectivity index (χ3n) is 7.24. The molecule has 3 aliphatic rings. The van der Waals surface area contributed by atoms with Gasteiger partial charge in [-0.25, -0.2) is 4.79 Å². The van der Waals surface area contributed by atoms with Crippen molar-refractivity contribution in [3.8, 4) is 5.75 Å². The number of likely N-dealkylation sites (tertiary alicyclic amines) is 1. The second kappa shape index (κ2) is 12.1. The number of benzene rings is 1. The average Bonchev–Trinajstić information content (AvgIpc) is 3.82. The number of amides is 1. The molecule has 0 spiro atoms. The number of epoxide rings is 1. The normalized spacial score (nSPS) is 24.6. The molecule has 2 unspecified atom stereocenters. The van der Waals surface area contributed by atoms with Crippen molar-refractivity contribution in [1.82, 2.24) is 4.90 Å². The molecule has 39 heavy (non-hydrogen) atoms. The third-order valence-corrected chi connectivity index (χ3v) is 7.24. The van der Waals surface area contributed by atoms with Crippen LogP contribution in [0, 0.1) is 11.8 Å². The van der Waals surface area contributed by atoms with E-state index in [4.69, 9.17) is 23.7 Å². The van der Waals surface area contributed by atoms with E-state index in [1.807, 2.05) is 39.0 Å². The van der Waals surface area contributed by atoms with Crippen molar-refractivity contribution in [2.45, 2.75) is 77.4 Å². The Morgan fingerprint density at radius 1 is 1.10 bits per heavy atom. The van der Waals surface area contributed by atoms with E-state index in [1.54, 1.807) is 12.0 Å². The predicted octanol–water partition coefficient (Wildman–Crippen LogP) is 4.04. The highest BCUT2D eigenvalue weighted by Gasteiger charge is 2.55. The fraction of sp³-hybridized carbons (Fsp3) is 0.690. The fourth-order valence-electron chi connectivity index (χ4n) is 5.26. The lowest BCUT2D eigenvalue weighted by atomic mass is 9.86. The first-order valence-electron chi connectivity index (χ1n) is 13.8. The van der Waals surface area contributed by atoms with Gasteiger partial charge in [-0.1, -0.05) is 0 Å². The van der Waals surface area contributed by atoms with Crippen LogP contribution in [0.3, 0.4) is 0 Å². The Balaban J connectivity index is 1.52. The number of esters is 1. The number of rotatable bonds is 11. The minimum atomic E-state index is -0.637. The number of nitrogens with zero attached hydrogens (tertiary/aromatic N) is 2. The van der Waals surface area contributed by atoms with Crippen molar-refractivity contribution in [3.05, 3.63) is 23.8 Å². The molecule has 10 nitrogen and oxygen atoms in total. The monoisotopic (exact) mass is 546 g/mol. The van der Waals surface area contributed by atoms with Gasteiger partial charge in [0.15, 0.2) is 12.0 Å². The van der Waals surface area contributed by atoms with Crippen molar-refractivity contribution in [1.29, 1.82) is 0 Å². The summed E-state index contributed by atoms with van der Waals surface area (Å²) in [6.45, 7) is 8.74. The standard InChI is InChI=1S/C29H42N2O8/c1-18(32)23-11-10-22(15-24(23)37-13-7-12-35-5)31(21-8-9-21)26-25(38-26)19-14-20(27(33)36-6)17-30(16-19)28(34)39-29(2,3)4/h10-11,15,19-21,25-26H,7-9,12-14,16-17H2,1-6H3/t19-,20+,25?,26?/m1/s1. The van der Waals surface area contributed by atoms with E-state index >= 15 is 0 Å². The van der Waals surface area contributed by atoms with Crippen LogP contribution in [0.25, 0.3) is 0 Å². The molecule has 2 aliphatic heterocycles. The molecule has 0 aromatic heterocycles. The van der Waals surface area contributed by atoms with Crippen molar-refractivity contribution >= 4 is 23.5 Å². The van der Waals surface area contributed by atoms with Crippen LogP contribution >= 0.6 is 0 Å². The zero-order valence-electron chi connectivity index (χ0n) is 23.9. The highest BCUT2D eigenvalue weighted by molar-refractivity contribution is 5.97. The molecule has 0 bridgehead atoms. The number of methoxy groups -OCH3 is 2. The Hall–Kier alpha value is -2.85. The van der Waals surface area contributed by atoms with Gasteiger partial charge in [-0.2, -0.15) is 0 Å². The lowest BCUT2D eigenvalue weighted by Gasteiger charge is -2.37. The molecule has 0 radical (unpaired) electrons. The van der Waals surface area contributed by atoms with Crippen LogP contribution in [0.4, 0.5) is 10.5 Å². The summed E-state index contributed by atoms with van der Waals surface area (Å²) in [7, 11) is 3.02. The Kier molecular flexibility index (Phi) is 9.06. The molecule has 1 aromatic rings. The first-order chi connectivity index (χ1) is 18.5. The lowest BCUT2D eigenvalue weighted by molar-refractivity contribution is -0.148. The minimum absolute atomic E-state index is 0.0529. The smallest absolute Gasteiger partial charge is 0.410 e. The summed E-state index contributed by atoms with van der Waals surface area (Å²) >= 11 is 0. The van der Waals surface area contributed by atoms with Gasteiger partial charge in [0.2, 0.25) is 0 Å². The molecule has 4 rings (SSSR count). The molecule has 3 fully saturated rings. The molecule has 1 amide bonds. The van der Waals surface area contributed by atoms with Gasteiger partial charge in [-0.05, 0) is 59.1 Å². The number of carbonyl (C=O) groups excluding carboxylic acids is 3. The molecule has 2 heterocycles. The molecule has 0 N–H and O–H groups in total. The maximum absolute atomic E-state index is 12.9. The topological polar surface area (TPSA) is 107 Å². The van der Waals surface area contributed by atoms with Crippen molar-refractivity contribution < 1.29 is 38.1 Å². The zero-order valence-corrected chi connectivity index (χ0v) is 23.9. The number of Topliss-reactive ketones (excluding diaryl/α,β-unsaturated/α-hetero) is 1. The minimum Gasteiger partial charge on any atom is -0.493 e. The summed E-state index contributed by atoms with van der Waals surface area (Å²) in [5.74, 6) is -0.330. The largest absolute Gasteiger partial charge is 0.493 e. The highest BCUT2D eigenvalue weighted by Crippen LogP contribution is 2.46. The number of hydrogen-bond donors (Lipinski definition) is 0. The summed E-state index contributed by atoms with van der Waals surface area (Å²) in [5.41, 5.74) is 0.837. The highest BCUT2D eigenvalue weighted by atomic mass is 16.6. The van der Waals surface area contributed by atoms with Crippen LogP contribution in [0.5, 0.6) is 5.75 Å². The van der Waals surface area contributed by atoms with Crippen LogP contribution in [0.1, 0.15) is 63.7 Å². The van der Waals surface area contributed by atoms with Gasteiger partial charge in [-0.3, -0.25) is 9.59 Å². The van der Waals surface area contributed by atoms with Crippen LogP contribution in [-0.2, 0) is 23.7 Å². The van der Waals surface area contributed by atoms with E-state index in [2.05, 4.69) is 4.90 Å². The Morgan fingerprint density at radius 2 is 1.85 bits per heavy atom. The maximum atomic E-state index is 12.9. The first kappa shape index (κ1) is 29.1. The van der Waals surface area contributed by atoms with Crippen molar-refractivity contribution in [2.24, 2.45) is 11.8 Å². The van der Waals surface area contributed by atoms with E-state index in [0.717, 1.165) is 24.9 Å². The summed E-state index contributed by atoms with van der Waals surface area (Å²) in [6.07, 6.45) is 2.60. The van der Waals surface area contributed by atoms with Crippen molar-refractivity contribution in [3.63, 3.8) is 0 Å². The molecule has 2 saturated heterocycles. The van der Waals surface area contributed by atoms with Crippen LogP contribution in [-0.4, -0.2) is 87.2 Å². The van der Waals surface area contributed by atoms with Gasteiger partial charge in [0, 0.05) is 56.9 Å². The number of ketones is 1. The molecule has 1 aliphatic carbocycles. The average molecular weight is 547 g/mol. The number of carbonyl (C=O) groups is 3. The number of hydrogen-bond acceptors (Lipinski definition) is 9. The van der Waals surface area contributed by atoms with Gasteiger partial charge < -0.3 is 33.5 Å². The van der Waals surface area contributed by atoms with Crippen LogP contribution < -0.4 is 9.64 Å². The summed E-state index contributed by atoms with van der Waals surface area (Å²) in [6, 6.07) is 6.01. The fourth-order valence-corrected chi connectivity index (χ4v) is 5.26. The molecule has 1 aromatic carbocycles. The van der Waals surface area contributed by atoms with Gasteiger partial charge >= 0.3 is 12.1 Å². The van der Waals surface area contributed by atoms with E-state index in [9.17, 15) is 14.4 Å². The van der Waals surface area contributed by atoms with Crippen molar-refractivity contribution in [2.75, 3.05) is 45.4 Å². The number of anilines is 1. The summed E-state index contributed by atoms with van der Waals surface area (Å²) < 4.78 is 28.0. The Labute approximate surface area is 230 Å². The summed E-state index contributed by atoms with van der Waals surface area (Å²) in [5, 5.41) is 0. The number of ether oxygens (including phenoxy) is 5. The second-order valence-corrected chi connectivity index (χ2v) is 11.7. The van der Waals surface area contributed by atoms with E-state index in [-0.39, 0.29) is 36.5 Å². The van der Waals surface area contributed by atoms with E-state index in [1.165, 1.54) is 14.0 Å². The molecule has 4 atom stereocenters. The zero-order chi connectivity index (χ0) is 28.3. The maximum Gasteiger partial charge on any atom is 0.410 e. The van der Waals surface area contributed by atoms with Gasteiger partial charge in [-0.15, -0.1) is 0 Å². The van der Waals surface area contributed by atoms with Gasteiger partial charge in [0.1, 0.15) is 17.5 Å². The van der Waals surface area contributed by atoms with Gasteiger partial charge in [0.25, 0.3) is 0 Å². The molecular formula is C29H42N2O8. The second-order valence-electron chi connectivity index (χ2n) is 11.7. The molecular weight excluding hydrogens is 504 g/mol. The molecule has 1 saturated carbocycles. The molecule has 216 valence electrons. The number of piperidine rings is 1. The van der Waals surface area contributed by atoms with E-state index in [0.29, 0.717) is 43.5 Å². The summed E-state index contributed by atoms with van der Waals surface area (Å²) in [4.78, 5) is 41.5. The molecule has 10 heteroatoms. The Bertz CT molecular complexity index is 1050. The van der Waals surface area contributed by atoms with Crippen LogP contribution in [0.2, 0.25) is 0 Å². The quantitative estimate of drug-likeness (QED) is 0.176.